The predicted octanol–water partition coefficient (Wildman–Crippen LogP) is 4.45. The smallest absolute Gasteiger partial charge is 0.178 e. The van der Waals surface area contributed by atoms with Crippen molar-refractivity contribution in [2.75, 3.05) is 0 Å². The highest BCUT2D eigenvalue weighted by molar-refractivity contribution is 7.91. The van der Waals surface area contributed by atoms with Gasteiger partial charge < -0.3 is 4.55 Å². The standard InChI is InChI=1S/C12H8Cl2OS2/c13-8-1-6-11(14)12(7-8)17(15)10-4-2-9(16)3-5-10/h1-7,16H. The lowest BCUT2D eigenvalue weighted by Crippen LogP contribution is -2.02. The van der Waals surface area contributed by atoms with Gasteiger partial charge in [-0.1, -0.05) is 23.2 Å². The number of halogens is 2. The minimum atomic E-state index is -1.33. The van der Waals surface area contributed by atoms with Crippen LogP contribution < -0.4 is 0 Å². The maximum atomic E-state index is 12.3. The average molecular weight is 303 g/mol. The molecule has 0 fully saturated rings. The van der Waals surface area contributed by atoms with E-state index in [1.807, 2.05) is 0 Å². The summed E-state index contributed by atoms with van der Waals surface area (Å²) in [4.78, 5) is 2.01. The van der Waals surface area contributed by atoms with E-state index in [2.05, 4.69) is 12.6 Å². The fourth-order valence-electron chi connectivity index (χ4n) is 1.32. The molecular formula is C12H8Cl2OS2. The van der Waals surface area contributed by atoms with Crippen LogP contribution in [-0.4, -0.2) is 4.55 Å². The van der Waals surface area contributed by atoms with Crippen LogP contribution in [0.5, 0.6) is 0 Å². The van der Waals surface area contributed by atoms with Crippen LogP contribution in [0.15, 0.2) is 57.2 Å². The highest BCUT2D eigenvalue weighted by Crippen LogP contribution is 2.30. The van der Waals surface area contributed by atoms with Gasteiger partial charge in [-0.05, 0) is 36.4 Å². The topological polar surface area (TPSA) is 23.1 Å². The summed E-state index contributed by atoms with van der Waals surface area (Å²) in [7, 11) is 0. The minimum absolute atomic E-state index is 0.447. The fraction of sp³-hybridized carbons (Fsp3) is 0. The third-order valence-corrected chi connectivity index (χ3v) is 4.56. The SMILES string of the molecule is [O-][S+](c1ccc(S)cc1)c1cc(Cl)ccc1Cl. The average Bonchev–Trinajstić information content (AvgIpc) is 2.32. The number of rotatable bonds is 2. The first-order valence-corrected chi connectivity index (χ1v) is 7.09. The van der Waals surface area contributed by atoms with Gasteiger partial charge >= 0.3 is 0 Å². The largest absolute Gasteiger partial charge is 0.606 e. The van der Waals surface area contributed by atoms with Gasteiger partial charge in [0.2, 0.25) is 0 Å². The van der Waals surface area contributed by atoms with Crippen LogP contribution in [0.25, 0.3) is 0 Å². The van der Waals surface area contributed by atoms with Crippen LogP contribution in [0.3, 0.4) is 0 Å². The van der Waals surface area contributed by atoms with Crippen LogP contribution in [0.1, 0.15) is 0 Å². The lowest BCUT2D eigenvalue weighted by atomic mass is 10.4. The molecule has 0 saturated carbocycles. The Morgan fingerprint density at radius 3 is 2.29 bits per heavy atom. The second kappa shape index (κ2) is 5.55. The predicted molar refractivity (Wildman–Crippen MR) is 74.8 cm³/mol. The molecule has 0 aliphatic carbocycles. The van der Waals surface area contributed by atoms with Gasteiger partial charge in [-0.2, -0.15) is 0 Å². The third-order valence-electron chi connectivity index (χ3n) is 2.14. The van der Waals surface area contributed by atoms with Gasteiger partial charge in [-0.15, -0.1) is 12.6 Å². The summed E-state index contributed by atoms with van der Waals surface area (Å²) in [6.07, 6.45) is 0. The zero-order valence-electron chi connectivity index (χ0n) is 8.56. The van der Waals surface area contributed by atoms with Gasteiger partial charge in [0.15, 0.2) is 9.79 Å². The molecule has 0 aromatic heterocycles. The van der Waals surface area contributed by atoms with E-state index in [-0.39, 0.29) is 0 Å². The van der Waals surface area contributed by atoms with E-state index in [9.17, 15) is 4.55 Å². The summed E-state index contributed by atoms with van der Waals surface area (Å²) in [6.45, 7) is 0. The van der Waals surface area contributed by atoms with Crippen molar-refractivity contribution in [3.05, 3.63) is 52.5 Å². The molecular weight excluding hydrogens is 295 g/mol. The maximum Gasteiger partial charge on any atom is 0.178 e. The van der Waals surface area contributed by atoms with E-state index in [0.717, 1.165) is 4.90 Å². The van der Waals surface area contributed by atoms with Crippen molar-refractivity contribution in [1.82, 2.24) is 0 Å². The molecule has 0 N–H and O–H groups in total. The van der Waals surface area contributed by atoms with Crippen LogP contribution in [0.4, 0.5) is 0 Å². The molecule has 0 bridgehead atoms. The molecule has 0 radical (unpaired) electrons. The van der Waals surface area contributed by atoms with E-state index in [0.29, 0.717) is 19.8 Å². The lowest BCUT2D eigenvalue weighted by Gasteiger charge is -2.11. The fourth-order valence-corrected chi connectivity index (χ4v) is 3.15. The highest BCUT2D eigenvalue weighted by atomic mass is 35.5. The zero-order valence-corrected chi connectivity index (χ0v) is 11.8. The van der Waals surface area contributed by atoms with Gasteiger partial charge in [-0.25, -0.2) is 0 Å². The van der Waals surface area contributed by atoms with Crippen molar-refractivity contribution in [2.24, 2.45) is 0 Å². The summed E-state index contributed by atoms with van der Waals surface area (Å²) in [5.41, 5.74) is 0. The molecule has 0 spiro atoms. The minimum Gasteiger partial charge on any atom is -0.606 e. The zero-order chi connectivity index (χ0) is 12.4. The van der Waals surface area contributed by atoms with E-state index in [4.69, 9.17) is 23.2 Å². The molecule has 88 valence electrons. The Bertz CT molecular complexity index is 529. The Morgan fingerprint density at radius 1 is 1.00 bits per heavy atom. The van der Waals surface area contributed by atoms with Crippen LogP contribution in [-0.2, 0) is 11.2 Å². The molecule has 0 heterocycles. The van der Waals surface area contributed by atoms with Crippen molar-refractivity contribution in [2.45, 2.75) is 14.7 Å². The van der Waals surface area contributed by atoms with Crippen molar-refractivity contribution < 1.29 is 4.55 Å². The number of benzene rings is 2. The lowest BCUT2D eigenvalue weighted by molar-refractivity contribution is 0.595. The first-order chi connectivity index (χ1) is 8.08. The van der Waals surface area contributed by atoms with Gasteiger partial charge in [0.25, 0.3) is 0 Å². The maximum absolute atomic E-state index is 12.3. The quantitative estimate of drug-likeness (QED) is 0.643. The normalized spacial score (nSPS) is 12.5. The molecule has 17 heavy (non-hydrogen) atoms. The van der Waals surface area contributed by atoms with E-state index in [1.165, 1.54) is 0 Å². The highest BCUT2D eigenvalue weighted by Gasteiger charge is 2.18. The van der Waals surface area contributed by atoms with Crippen LogP contribution in [0, 0.1) is 0 Å². The van der Waals surface area contributed by atoms with E-state index < -0.39 is 11.2 Å². The molecule has 1 unspecified atom stereocenters. The van der Waals surface area contributed by atoms with Gasteiger partial charge in [-0.3, -0.25) is 0 Å². The number of thiol groups is 1. The van der Waals surface area contributed by atoms with Gasteiger partial charge in [0, 0.05) is 27.2 Å². The Labute approximate surface area is 118 Å². The molecule has 0 saturated heterocycles. The first kappa shape index (κ1) is 13.1. The summed E-state index contributed by atoms with van der Waals surface area (Å²) >= 11 is 14.7. The van der Waals surface area contributed by atoms with Crippen molar-refractivity contribution >= 4 is 47.0 Å². The molecule has 5 heteroatoms. The molecule has 2 aromatic carbocycles. The Morgan fingerprint density at radius 2 is 1.65 bits per heavy atom. The Kier molecular flexibility index (Phi) is 4.28. The van der Waals surface area contributed by atoms with Crippen molar-refractivity contribution in [1.29, 1.82) is 0 Å². The first-order valence-electron chi connectivity index (χ1n) is 4.74. The molecule has 1 atom stereocenters. The summed E-state index contributed by atoms with van der Waals surface area (Å²) in [6, 6.07) is 12.0. The second-order valence-electron chi connectivity index (χ2n) is 3.34. The Hall–Kier alpha value is -0.320. The van der Waals surface area contributed by atoms with Gasteiger partial charge in [0.1, 0.15) is 0 Å². The van der Waals surface area contributed by atoms with E-state index in [1.54, 1.807) is 42.5 Å². The monoisotopic (exact) mass is 302 g/mol. The van der Waals surface area contributed by atoms with Crippen LogP contribution >= 0.6 is 35.8 Å². The molecule has 0 amide bonds. The number of hydrogen-bond donors (Lipinski definition) is 1. The molecule has 2 aromatic rings. The van der Waals surface area contributed by atoms with Crippen molar-refractivity contribution in [3.63, 3.8) is 0 Å². The van der Waals surface area contributed by atoms with E-state index >= 15 is 0 Å². The molecule has 2 rings (SSSR count). The number of hydrogen-bond acceptors (Lipinski definition) is 2. The third kappa shape index (κ3) is 3.12. The van der Waals surface area contributed by atoms with Crippen LogP contribution in [0.2, 0.25) is 10.0 Å². The second-order valence-corrected chi connectivity index (χ2v) is 6.15. The van der Waals surface area contributed by atoms with Gasteiger partial charge in [0.05, 0.1) is 5.02 Å². The molecule has 0 aliphatic rings. The summed E-state index contributed by atoms with van der Waals surface area (Å²) in [5, 5.41) is 0.964. The Balaban J connectivity index is 2.39. The molecule has 0 aliphatic heterocycles. The molecule has 1 nitrogen and oxygen atoms in total. The summed E-state index contributed by atoms with van der Waals surface area (Å²) < 4.78 is 12.3. The summed E-state index contributed by atoms with van der Waals surface area (Å²) in [5.74, 6) is 0. The van der Waals surface area contributed by atoms with Crippen molar-refractivity contribution in [3.8, 4) is 0 Å².